The molecule has 1 fully saturated rings. The Morgan fingerprint density at radius 2 is 1.74 bits per heavy atom. The van der Waals surface area contributed by atoms with Crippen LogP contribution in [0, 0.1) is 12.3 Å². The summed E-state index contributed by atoms with van der Waals surface area (Å²) in [6, 6.07) is 0. The van der Waals surface area contributed by atoms with Crippen molar-refractivity contribution < 1.29 is 56.9 Å². The Morgan fingerprint density at radius 3 is 2.29 bits per heavy atom. The highest BCUT2D eigenvalue weighted by Gasteiger charge is 2.52. The second-order valence-corrected chi connectivity index (χ2v) is 9.71. The maximum atomic E-state index is 12.7. The standard InChI is InChI=1S/C21H31N2O14P/c1-5-32-18(27)21(10-34-13(4)24,19(28)33-6-2)11-36-38(30,31)35-9-15-14(25)7-16(37-15)23-8-12(3)17(26)22-20(23)29/h8,14-16,25H,5-7,9-11H2,1-4H3,(H,30,31)(H,22,26,29)/t14-,15+,16+/m0/s1. The molecule has 1 unspecified atom stereocenters. The van der Waals surface area contributed by atoms with E-state index >= 15 is 0 Å². The van der Waals surface area contributed by atoms with E-state index in [2.05, 4.69) is 4.98 Å². The number of phosphoric ester groups is 1. The van der Waals surface area contributed by atoms with Crippen molar-refractivity contribution in [3.8, 4) is 0 Å². The molecule has 0 spiro atoms. The molecule has 0 saturated carbocycles. The Bertz CT molecular complexity index is 1160. The van der Waals surface area contributed by atoms with Gasteiger partial charge in [-0.25, -0.2) is 9.36 Å². The molecule has 214 valence electrons. The maximum absolute atomic E-state index is 12.7. The number of nitrogens with one attached hydrogen (secondary N) is 1. The van der Waals surface area contributed by atoms with Crippen LogP contribution in [0.25, 0.3) is 0 Å². The first-order valence-electron chi connectivity index (χ1n) is 11.5. The number of nitrogens with zero attached hydrogens (tertiary/aromatic N) is 1. The highest BCUT2D eigenvalue weighted by Crippen LogP contribution is 2.46. The van der Waals surface area contributed by atoms with Gasteiger partial charge in [0.25, 0.3) is 5.56 Å². The number of aliphatic hydroxyl groups excluding tert-OH is 1. The summed E-state index contributed by atoms with van der Waals surface area (Å²) < 4.78 is 43.5. The molecule has 2 heterocycles. The van der Waals surface area contributed by atoms with E-state index in [-0.39, 0.29) is 25.2 Å². The Labute approximate surface area is 216 Å². The molecule has 1 aromatic heterocycles. The molecular formula is C21H31N2O14P. The molecule has 0 aromatic carbocycles. The minimum Gasteiger partial charge on any atom is -0.465 e. The minimum atomic E-state index is -5.01. The molecule has 1 aromatic rings. The number of H-pyrrole nitrogens is 1. The average Bonchev–Trinajstić information content (AvgIpc) is 3.20. The van der Waals surface area contributed by atoms with Gasteiger partial charge in [0, 0.05) is 25.1 Å². The minimum absolute atomic E-state index is 0.104. The number of aliphatic hydroxyl groups is 1. The average molecular weight is 566 g/mol. The molecule has 0 amide bonds. The van der Waals surface area contributed by atoms with E-state index in [0.29, 0.717) is 0 Å². The van der Waals surface area contributed by atoms with Crippen LogP contribution in [-0.4, -0.2) is 82.7 Å². The molecule has 1 aliphatic heterocycles. The topological polar surface area (TPSA) is 219 Å². The van der Waals surface area contributed by atoms with Gasteiger partial charge in [-0.2, -0.15) is 0 Å². The summed E-state index contributed by atoms with van der Waals surface area (Å²) in [6.45, 7) is 2.31. The third-order valence-electron chi connectivity index (χ3n) is 5.39. The molecule has 2 rings (SSSR count). The van der Waals surface area contributed by atoms with E-state index in [9.17, 15) is 38.5 Å². The van der Waals surface area contributed by atoms with Gasteiger partial charge in [-0.05, 0) is 20.8 Å². The zero-order valence-corrected chi connectivity index (χ0v) is 22.1. The van der Waals surface area contributed by atoms with E-state index in [1.807, 2.05) is 0 Å². The van der Waals surface area contributed by atoms with Crippen LogP contribution in [0.5, 0.6) is 0 Å². The molecule has 17 heteroatoms. The molecular weight excluding hydrogens is 535 g/mol. The van der Waals surface area contributed by atoms with Crippen LogP contribution in [0.3, 0.4) is 0 Å². The first-order valence-corrected chi connectivity index (χ1v) is 13.0. The summed E-state index contributed by atoms with van der Waals surface area (Å²) in [6.07, 6.45) is -2.29. The van der Waals surface area contributed by atoms with Crippen LogP contribution in [0.4, 0.5) is 0 Å². The molecule has 3 N–H and O–H groups in total. The number of aromatic nitrogens is 2. The third-order valence-corrected chi connectivity index (χ3v) is 6.32. The zero-order chi connectivity index (χ0) is 28.7. The Balaban J connectivity index is 2.13. The fraction of sp³-hybridized carbons (Fsp3) is 0.667. The number of phosphoric acid groups is 1. The number of carbonyl (C=O) groups is 3. The van der Waals surface area contributed by atoms with Crippen molar-refractivity contribution in [3.05, 3.63) is 32.6 Å². The summed E-state index contributed by atoms with van der Waals surface area (Å²) in [5.41, 5.74) is -3.58. The van der Waals surface area contributed by atoms with Crippen molar-refractivity contribution in [1.29, 1.82) is 0 Å². The summed E-state index contributed by atoms with van der Waals surface area (Å²) in [7, 11) is -5.01. The summed E-state index contributed by atoms with van der Waals surface area (Å²) in [5.74, 6) is -3.30. The molecule has 0 bridgehead atoms. The highest BCUT2D eigenvalue weighted by atomic mass is 31.2. The van der Waals surface area contributed by atoms with Gasteiger partial charge in [0.2, 0.25) is 5.41 Å². The zero-order valence-electron chi connectivity index (χ0n) is 21.2. The quantitative estimate of drug-likeness (QED) is 0.116. The Morgan fingerprint density at radius 1 is 1.13 bits per heavy atom. The molecule has 0 radical (unpaired) electrons. The van der Waals surface area contributed by atoms with Gasteiger partial charge in [0.15, 0.2) is 0 Å². The number of aromatic amines is 1. The number of ether oxygens (including phenoxy) is 4. The van der Waals surface area contributed by atoms with E-state index in [4.69, 9.17) is 28.0 Å². The summed E-state index contributed by atoms with van der Waals surface area (Å²) in [5, 5.41) is 10.3. The molecule has 38 heavy (non-hydrogen) atoms. The smallest absolute Gasteiger partial charge is 0.465 e. The lowest BCUT2D eigenvalue weighted by atomic mass is 9.90. The monoisotopic (exact) mass is 566 g/mol. The van der Waals surface area contributed by atoms with Gasteiger partial charge in [-0.3, -0.25) is 37.8 Å². The van der Waals surface area contributed by atoms with Crippen LogP contribution >= 0.6 is 7.82 Å². The lowest BCUT2D eigenvalue weighted by Crippen LogP contribution is -2.49. The second kappa shape index (κ2) is 13.3. The van der Waals surface area contributed by atoms with E-state index < -0.39 is 80.7 Å². The van der Waals surface area contributed by atoms with E-state index in [1.54, 1.807) is 0 Å². The molecule has 1 saturated heterocycles. The predicted molar refractivity (Wildman–Crippen MR) is 125 cm³/mol. The Kier molecular flexibility index (Phi) is 10.9. The lowest BCUT2D eigenvalue weighted by Gasteiger charge is -2.28. The number of hydrogen-bond acceptors (Lipinski definition) is 13. The number of esters is 3. The van der Waals surface area contributed by atoms with Crippen LogP contribution in [0.15, 0.2) is 15.8 Å². The number of rotatable bonds is 13. The van der Waals surface area contributed by atoms with E-state index in [1.165, 1.54) is 27.0 Å². The third kappa shape index (κ3) is 7.82. The predicted octanol–water partition coefficient (Wildman–Crippen LogP) is -0.697. The van der Waals surface area contributed by atoms with Gasteiger partial charge in [-0.1, -0.05) is 0 Å². The normalized spacial score (nSPS) is 20.9. The van der Waals surface area contributed by atoms with Crippen LogP contribution in [0.2, 0.25) is 0 Å². The summed E-state index contributed by atoms with van der Waals surface area (Å²) in [4.78, 5) is 72.6. The second-order valence-electron chi connectivity index (χ2n) is 8.25. The summed E-state index contributed by atoms with van der Waals surface area (Å²) >= 11 is 0. The largest absolute Gasteiger partial charge is 0.472 e. The van der Waals surface area contributed by atoms with Crippen molar-refractivity contribution in [2.24, 2.45) is 5.41 Å². The van der Waals surface area contributed by atoms with Gasteiger partial charge < -0.3 is 28.9 Å². The number of aryl methyl sites for hydroxylation is 1. The van der Waals surface area contributed by atoms with Gasteiger partial charge >= 0.3 is 31.4 Å². The number of carbonyl (C=O) groups excluding carboxylic acids is 3. The maximum Gasteiger partial charge on any atom is 0.472 e. The highest BCUT2D eigenvalue weighted by molar-refractivity contribution is 7.47. The molecule has 4 atom stereocenters. The fourth-order valence-electron chi connectivity index (χ4n) is 3.36. The first kappa shape index (κ1) is 31.3. The first-order chi connectivity index (χ1) is 17.8. The number of hydrogen-bond donors (Lipinski definition) is 3. The van der Waals surface area contributed by atoms with Crippen molar-refractivity contribution in [2.45, 2.75) is 52.6 Å². The molecule has 0 aliphatic carbocycles. The van der Waals surface area contributed by atoms with Crippen molar-refractivity contribution >= 4 is 25.7 Å². The molecule has 1 aliphatic rings. The van der Waals surface area contributed by atoms with Gasteiger partial charge in [-0.15, -0.1) is 0 Å². The van der Waals surface area contributed by atoms with Gasteiger partial charge in [0.05, 0.1) is 32.5 Å². The van der Waals surface area contributed by atoms with Crippen LogP contribution < -0.4 is 11.2 Å². The Hall–Kier alpha value is -2.88. The lowest BCUT2D eigenvalue weighted by molar-refractivity contribution is -0.181. The van der Waals surface area contributed by atoms with E-state index in [0.717, 1.165) is 11.5 Å². The SMILES string of the molecule is CCOC(=O)C(COC(C)=O)(COP(=O)(O)OC[C@H]1O[C@@H](n2cc(C)c(=O)[nH]c2=O)C[C@@H]1O)C(=O)OCC. The van der Waals surface area contributed by atoms with Crippen molar-refractivity contribution in [2.75, 3.05) is 33.0 Å². The van der Waals surface area contributed by atoms with Crippen LogP contribution in [-0.2, 0) is 46.9 Å². The fourth-order valence-corrected chi connectivity index (χ4v) is 4.15. The van der Waals surface area contributed by atoms with Crippen molar-refractivity contribution in [3.63, 3.8) is 0 Å². The van der Waals surface area contributed by atoms with Crippen LogP contribution in [0.1, 0.15) is 39.0 Å². The van der Waals surface area contributed by atoms with Crippen molar-refractivity contribution in [1.82, 2.24) is 9.55 Å². The van der Waals surface area contributed by atoms with Gasteiger partial charge in [0.1, 0.15) is 18.9 Å². The molecule has 16 nitrogen and oxygen atoms in total.